The molecule has 1 unspecified atom stereocenters. The third-order valence-electron chi connectivity index (χ3n) is 3.55. The van der Waals surface area contributed by atoms with Crippen LogP contribution >= 0.6 is 11.6 Å². The largest absolute Gasteiger partial charge is 0.390 e. The van der Waals surface area contributed by atoms with Gasteiger partial charge >= 0.3 is 0 Å². The molecule has 20 heavy (non-hydrogen) atoms. The fourth-order valence-corrected chi connectivity index (χ4v) is 2.56. The summed E-state index contributed by atoms with van der Waals surface area (Å²) in [6.45, 7) is 6.46. The van der Waals surface area contributed by atoms with E-state index in [0.717, 1.165) is 38.2 Å². The summed E-state index contributed by atoms with van der Waals surface area (Å²) in [6, 6.07) is 1.77. The molecule has 0 saturated carbocycles. The average Bonchev–Trinajstić information content (AvgIpc) is 2.57. The van der Waals surface area contributed by atoms with Crippen molar-refractivity contribution >= 4 is 17.4 Å². The first-order valence-electron chi connectivity index (χ1n) is 7.09. The Morgan fingerprint density at radius 3 is 2.95 bits per heavy atom. The second-order valence-corrected chi connectivity index (χ2v) is 5.83. The molecule has 0 aromatic carbocycles. The van der Waals surface area contributed by atoms with Crippen LogP contribution in [0.2, 0.25) is 5.15 Å². The van der Waals surface area contributed by atoms with Gasteiger partial charge in [-0.15, -0.1) is 0 Å². The van der Waals surface area contributed by atoms with E-state index in [0.29, 0.717) is 24.2 Å². The normalized spacial score (nSPS) is 23.7. The maximum Gasteiger partial charge on any atom is 0.158 e. The van der Waals surface area contributed by atoms with Crippen LogP contribution in [-0.4, -0.2) is 40.4 Å². The summed E-state index contributed by atoms with van der Waals surface area (Å²) in [5.41, 5.74) is -0.584. The Hall–Kier alpha value is -0.910. The Labute approximate surface area is 124 Å². The number of aromatic nitrogens is 2. The lowest BCUT2D eigenvalue weighted by Gasteiger charge is -2.23. The molecular weight excluding hydrogens is 278 g/mol. The Morgan fingerprint density at radius 2 is 2.20 bits per heavy atom. The van der Waals surface area contributed by atoms with E-state index in [-0.39, 0.29) is 0 Å². The zero-order chi connectivity index (χ0) is 14.6. The van der Waals surface area contributed by atoms with Gasteiger partial charge in [-0.2, -0.15) is 0 Å². The van der Waals surface area contributed by atoms with Crippen molar-refractivity contribution in [3.8, 4) is 0 Å². The van der Waals surface area contributed by atoms with Crippen molar-refractivity contribution < 1.29 is 9.84 Å². The molecule has 1 saturated heterocycles. The maximum absolute atomic E-state index is 10.1. The first kappa shape index (κ1) is 15.5. The minimum atomic E-state index is -0.584. The minimum absolute atomic E-state index is 0.371. The van der Waals surface area contributed by atoms with Crippen LogP contribution in [0.5, 0.6) is 0 Å². The molecular formula is C14H22ClN3O2. The fourth-order valence-electron chi connectivity index (χ4n) is 2.36. The average molecular weight is 300 g/mol. The van der Waals surface area contributed by atoms with Crippen LogP contribution in [0.3, 0.4) is 0 Å². The second-order valence-electron chi connectivity index (χ2n) is 5.44. The molecule has 1 aliphatic rings. The SMILES string of the molecule is CCOCc1nc(Cl)cc(N2CCCC(C)(O)CC2)n1. The van der Waals surface area contributed by atoms with E-state index in [1.807, 2.05) is 13.8 Å². The minimum Gasteiger partial charge on any atom is -0.390 e. The Bertz CT molecular complexity index is 454. The number of halogens is 1. The van der Waals surface area contributed by atoms with E-state index in [4.69, 9.17) is 16.3 Å². The number of hydrogen-bond acceptors (Lipinski definition) is 5. The quantitative estimate of drug-likeness (QED) is 0.865. The fraction of sp³-hybridized carbons (Fsp3) is 0.714. The highest BCUT2D eigenvalue weighted by Crippen LogP contribution is 2.25. The van der Waals surface area contributed by atoms with Gasteiger partial charge in [-0.3, -0.25) is 0 Å². The van der Waals surface area contributed by atoms with Gasteiger partial charge in [-0.05, 0) is 33.1 Å². The van der Waals surface area contributed by atoms with Gasteiger partial charge in [0.2, 0.25) is 0 Å². The lowest BCUT2D eigenvalue weighted by atomic mass is 9.98. The van der Waals surface area contributed by atoms with Gasteiger partial charge in [0, 0.05) is 25.8 Å². The van der Waals surface area contributed by atoms with Gasteiger partial charge in [0.05, 0.1) is 5.60 Å². The molecule has 1 aromatic heterocycles. The summed E-state index contributed by atoms with van der Waals surface area (Å²) < 4.78 is 5.33. The standard InChI is InChI=1S/C14H22ClN3O2/c1-3-20-10-12-16-11(15)9-13(17-12)18-7-4-5-14(2,19)6-8-18/h9,19H,3-8,10H2,1-2H3. The van der Waals surface area contributed by atoms with Crippen molar-refractivity contribution in [3.05, 3.63) is 17.0 Å². The maximum atomic E-state index is 10.1. The number of hydrogen-bond donors (Lipinski definition) is 1. The first-order chi connectivity index (χ1) is 9.50. The van der Waals surface area contributed by atoms with E-state index in [1.165, 1.54) is 0 Å². The van der Waals surface area contributed by atoms with Crippen LogP contribution in [0.4, 0.5) is 5.82 Å². The molecule has 1 atom stereocenters. The lowest BCUT2D eigenvalue weighted by Crippen LogP contribution is -2.29. The first-order valence-corrected chi connectivity index (χ1v) is 7.46. The van der Waals surface area contributed by atoms with Crippen LogP contribution < -0.4 is 4.90 Å². The number of nitrogens with zero attached hydrogens (tertiary/aromatic N) is 3. The molecule has 2 rings (SSSR count). The van der Waals surface area contributed by atoms with E-state index in [9.17, 15) is 5.11 Å². The Morgan fingerprint density at radius 1 is 1.40 bits per heavy atom. The Balaban J connectivity index is 2.13. The number of aliphatic hydroxyl groups is 1. The van der Waals surface area contributed by atoms with Crippen molar-refractivity contribution in [1.29, 1.82) is 0 Å². The van der Waals surface area contributed by atoms with Gasteiger partial charge in [-0.25, -0.2) is 9.97 Å². The van der Waals surface area contributed by atoms with Gasteiger partial charge in [0.15, 0.2) is 5.82 Å². The van der Waals surface area contributed by atoms with Crippen molar-refractivity contribution in [1.82, 2.24) is 9.97 Å². The molecule has 1 aliphatic heterocycles. The summed E-state index contributed by atoms with van der Waals surface area (Å²) in [5.74, 6) is 1.42. The summed E-state index contributed by atoms with van der Waals surface area (Å²) in [5, 5.41) is 10.6. The van der Waals surface area contributed by atoms with E-state index >= 15 is 0 Å². The second kappa shape index (κ2) is 6.70. The highest BCUT2D eigenvalue weighted by atomic mass is 35.5. The predicted molar refractivity (Wildman–Crippen MR) is 79.1 cm³/mol. The molecule has 0 bridgehead atoms. The molecule has 6 heteroatoms. The molecule has 5 nitrogen and oxygen atoms in total. The summed E-state index contributed by atoms with van der Waals surface area (Å²) in [6.07, 6.45) is 2.49. The monoisotopic (exact) mass is 299 g/mol. The number of ether oxygens (including phenoxy) is 1. The molecule has 112 valence electrons. The van der Waals surface area contributed by atoms with Crippen molar-refractivity contribution in [3.63, 3.8) is 0 Å². The van der Waals surface area contributed by atoms with Gasteiger partial charge in [0.1, 0.15) is 17.6 Å². The zero-order valence-corrected chi connectivity index (χ0v) is 12.9. The number of anilines is 1. The molecule has 1 N–H and O–H groups in total. The summed E-state index contributed by atoms with van der Waals surface area (Å²) in [7, 11) is 0. The summed E-state index contributed by atoms with van der Waals surface area (Å²) >= 11 is 6.06. The molecule has 0 spiro atoms. The van der Waals surface area contributed by atoms with E-state index in [1.54, 1.807) is 6.07 Å². The molecule has 0 aliphatic carbocycles. The van der Waals surface area contributed by atoms with Gasteiger partial charge < -0.3 is 14.7 Å². The van der Waals surface area contributed by atoms with Crippen LogP contribution in [0.25, 0.3) is 0 Å². The van der Waals surface area contributed by atoms with E-state index in [2.05, 4.69) is 14.9 Å². The van der Waals surface area contributed by atoms with Crippen LogP contribution in [0.1, 0.15) is 38.9 Å². The predicted octanol–water partition coefficient (Wildman–Crippen LogP) is 2.41. The molecule has 2 heterocycles. The summed E-state index contributed by atoms with van der Waals surface area (Å²) in [4.78, 5) is 10.8. The molecule has 0 amide bonds. The van der Waals surface area contributed by atoms with Crippen LogP contribution in [-0.2, 0) is 11.3 Å². The lowest BCUT2D eigenvalue weighted by molar-refractivity contribution is 0.0481. The molecule has 1 aromatic rings. The molecule has 0 radical (unpaired) electrons. The van der Waals surface area contributed by atoms with Crippen molar-refractivity contribution in [2.75, 3.05) is 24.6 Å². The van der Waals surface area contributed by atoms with E-state index < -0.39 is 5.60 Å². The smallest absolute Gasteiger partial charge is 0.158 e. The van der Waals surface area contributed by atoms with Gasteiger partial charge in [-0.1, -0.05) is 11.6 Å². The van der Waals surface area contributed by atoms with Gasteiger partial charge in [0.25, 0.3) is 0 Å². The number of rotatable bonds is 4. The van der Waals surface area contributed by atoms with Crippen molar-refractivity contribution in [2.24, 2.45) is 0 Å². The topological polar surface area (TPSA) is 58.5 Å². The third kappa shape index (κ3) is 4.30. The highest BCUT2D eigenvalue weighted by molar-refractivity contribution is 6.29. The third-order valence-corrected chi connectivity index (χ3v) is 3.74. The van der Waals surface area contributed by atoms with Crippen molar-refractivity contribution in [2.45, 2.75) is 45.3 Å². The molecule has 1 fully saturated rings. The van der Waals surface area contributed by atoms with Crippen LogP contribution in [0.15, 0.2) is 6.07 Å². The zero-order valence-electron chi connectivity index (χ0n) is 12.1. The van der Waals surface area contributed by atoms with Crippen LogP contribution in [0, 0.1) is 0 Å². The Kier molecular flexibility index (Phi) is 5.18. The highest BCUT2D eigenvalue weighted by Gasteiger charge is 2.25.